The molecule has 1 N–H and O–H groups in total. The number of aliphatic hydroxyl groups is 1. The molecule has 0 saturated heterocycles. The third kappa shape index (κ3) is 1.07. The highest BCUT2D eigenvalue weighted by Crippen LogP contribution is 2.04. The minimum atomic E-state index is -1.26. The number of hydrogen-bond acceptors (Lipinski definition) is 1. The first-order valence-electron chi connectivity index (χ1n) is 3.18. The van der Waals surface area contributed by atoms with Gasteiger partial charge in [-0.15, -0.1) is 0 Å². The van der Waals surface area contributed by atoms with Crippen molar-refractivity contribution in [3.05, 3.63) is 24.0 Å². The van der Waals surface area contributed by atoms with E-state index in [1.807, 2.05) is 0 Å². The van der Waals surface area contributed by atoms with Crippen molar-refractivity contribution in [2.75, 3.05) is 0 Å². The molecule has 0 aromatic heterocycles. The van der Waals surface area contributed by atoms with Gasteiger partial charge in [-0.2, -0.15) is 0 Å². The van der Waals surface area contributed by atoms with Crippen molar-refractivity contribution in [2.24, 2.45) is 0 Å². The summed E-state index contributed by atoms with van der Waals surface area (Å²) in [6.45, 7) is 0. The van der Waals surface area contributed by atoms with Crippen molar-refractivity contribution in [2.45, 2.75) is 12.8 Å². The lowest BCUT2D eigenvalue weighted by Crippen LogP contribution is -1.79. The van der Waals surface area contributed by atoms with Gasteiger partial charge in [-0.3, -0.25) is 0 Å². The largest absolute Gasteiger partial charge is 0.508 e. The molecule has 0 radical (unpaired) electrons. The fraction of sp³-hybridized carbons (Fsp3) is 0.333. The van der Waals surface area contributed by atoms with Gasteiger partial charge in [0, 0.05) is 2.74 Å². The molecular weight excluding hydrogens is 88.1 g/mol. The van der Waals surface area contributed by atoms with E-state index in [0.717, 1.165) is 0 Å². The molecule has 1 aliphatic carbocycles. The summed E-state index contributed by atoms with van der Waals surface area (Å²) in [6.07, 6.45) is 3.23. The van der Waals surface area contributed by atoms with Crippen molar-refractivity contribution >= 4 is 0 Å². The summed E-state index contributed by atoms with van der Waals surface area (Å²) in [4.78, 5) is 0. The minimum Gasteiger partial charge on any atom is -0.508 e. The Labute approximate surface area is 45.8 Å². The van der Waals surface area contributed by atoms with Gasteiger partial charge in [0.1, 0.15) is 5.76 Å². The van der Waals surface area contributed by atoms with E-state index in [2.05, 4.69) is 0 Å². The van der Waals surface area contributed by atoms with Crippen LogP contribution in [0.5, 0.6) is 0 Å². The van der Waals surface area contributed by atoms with Gasteiger partial charge in [-0.05, 0) is 24.9 Å². The summed E-state index contributed by atoms with van der Waals surface area (Å²) >= 11 is 0. The summed E-state index contributed by atoms with van der Waals surface area (Å²) in [6, 6.07) is 0. The van der Waals surface area contributed by atoms with E-state index < -0.39 is 6.37 Å². The summed E-state index contributed by atoms with van der Waals surface area (Å²) in [7, 11) is 0. The standard InChI is InChI=1S/C6H8O/c7-6-4-2-1-3-5-6/h2,4-5,7H,1,3H2/i1D2. The average Bonchev–Trinajstić information content (AvgIpc) is 1.78. The Morgan fingerprint density at radius 2 is 2.71 bits per heavy atom. The smallest absolute Gasteiger partial charge is 0.111 e. The molecule has 0 aromatic carbocycles. The van der Waals surface area contributed by atoms with Gasteiger partial charge in [-0.1, -0.05) is 6.08 Å². The number of hydrogen-bond donors (Lipinski definition) is 1. The SMILES string of the molecule is [2H]C1([2H])C=CC(O)=CC1. The zero-order chi connectivity index (χ0) is 6.91. The van der Waals surface area contributed by atoms with Crippen molar-refractivity contribution in [1.29, 1.82) is 0 Å². The summed E-state index contributed by atoms with van der Waals surface area (Å²) in [5.74, 6) is 0.158. The average molecular weight is 98.1 g/mol. The Morgan fingerprint density at radius 1 is 1.86 bits per heavy atom. The molecule has 0 heterocycles. The second kappa shape index (κ2) is 1.82. The molecule has 0 aromatic rings. The predicted octanol–water partition coefficient (Wildman–Crippen LogP) is 1.78. The lowest BCUT2D eigenvalue weighted by atomic mass is 10.2. The van der Waals surface area contributed by atoms with Crippen LogP contribution in [0.15, 0.2) is 24.0 Å². The molecule has 0 aliphatic heterocycles. The van der Waals surface area contributed by atoms with E-state index in [0.29, 0.717) is 0 Å². The molecule has 1 aliphatic rings. The van der Waals surface area contributed by atoms with Gasteiger partial charge >= 0.3 is 0 Å². The molecule has 1 heteroatoms. The Bertz CT molecular complexity index is 170. The van der Waals surface area contributed by atoms with Gasteiger partial charge < -0.3 is 5.11 Å². The fourth-order valence-corrected chi connectivity index (χ4v) is 0.444. The first kappa shape index (κ1) is 2.55. The topological polar surface area (TPSA) is 20.2 Å². The van der Waals surface area contributed by atoms with Crippen LogP contribution >= 0.6 is 0 Å². The number of rotatable bonds is 0. The van der Waals surface area contributed by atoms with Gasteiger partial charge in [-0.25, -0.2) is 0 Å². The Morgan fingerprint density at radius 3 is 3.14 bits per heavy atom. The molecule has 7 heavy (non-hydrogen) atoms. The van der Waals surface area contributed by atoms with E-state index in [4.69, 9.17) is 7.85 Å². The maximum Gasteiger partial charge on any atom is 0.111 e. The third-order valence-corrected chi connectivity index (χ3v) is 0.801. The lowest BCUT2D eigenvalue weighted by Gasteiger charge is -1.95. The molecule has 0 amide bonds. The molecule has 0 unspecified atom stereocenters. The first-order valence-corrected chi connectivity index (χ1v) is 2.18. The van der Waals surface area contributed by atoms with E-state index in [1.54, 1.807) is 0 Å². The van der Waals surface area contributed by atoms with Crippen LogP contribution in [0.1, 0.15) is 15.5 Å². The van der Waals surface area contributed by atoms with Crippen LogP contribution < -0.4 is 0 Å². The van der Waals surface area contributed by atoms with Crippen molar-refractivity contribution in [3.63, 3.8) is 0 Å². The van der Waals surface area contributed by atoms with E-state index in [-0.39, 0.29) is 12.2 Å². The van der Waals surface area contributed by atoms with Gasteiger partial charge in [0.15, 0.2) is 0 Å². The van der Waals surface area contributed by atoms with Crippen molar-refractivity contribution < 1.29 is 7.85 Å². The second-order valence-corrected chi connectivity index (χ2v) is 1.37. The Kier molecular flexibility index (Phi) is 0.666. The molecule has 38 valence electrons. The molecule has 0 fully saturated rings. The molecule has 0 spiro atoms. The first-order chi connectivity index (χ1) is 4.10. The summed E-state index contributed by atoms with van der Waals surface area (Å²) < 4.78 is 14.3. The van der Waals surface area contributed by atoms with Crippen LogP contribution in [0.4, 0.5) is 0 Å². The molecular formula is C6H8O. The van der Waals surface area contributed by atoms with E-state index >= 15 is 0 Å². The van der Waals surface area contributed by atoms with Crippen LogP contribution in [0.2, 0.25) is 0 Å². The monoisotopic (exact) mass is 98.1 g/mol. The summed E-state index contributed by atoms with van der Waals surface area (Å²) in [5, 5.41) is 8.75. The Balaban J connectivity index is 2.70. The normalized spacial score (nSPS) is 30.6. The van der Waals surface area contributed by atoms with E-state index in [1.165, 1.54) is 18.2 Å². The van der Waals surface area contributed by atoms with Crippen LogP contribution in [0.25, 0.3) is 0 Å². The maximum atomic E-state index is 8.75. The zero-order valence-corrected chi connectivity index (χ0v) is 3.89. The third-order valence-electron chi connectivity index (χ3n) is 0.801. The highest BCUT2D eigenvalue weighted by molar-refractivity contribution is 5.14. The molecule has 0 bridgehead atoms. The van der Waals surface area contributed by atoms with Crippen LogP contribution in [-0.2, 0) is 0 Å². The van der Waals surface area contributed by atoms with Gasteiger partial charge in [0.2, 0.25) is 0 Å². The molecule has 1 nitrogen and oxygen atoms in total. The Hall–Kier alpha value is -0.720. The second-order valence-electron chi connectivity index (χ2n) is 1.37. The molecule has 1 rings (SSSR count). The highest BCUT2D eigenvalue weighted by atomic mass is 16.3. The van der Waals surface area contributed by atoms with Crippen LogP contribution in [0.3, 0.4) is 0 Å². The summed E-state index contributed by atoms with van der Waals surface area (Å²) in [5.41, 5.74) is 0. The fourth-order valence-electron chi connectivity index (χ4n) is 0.444. The maximum absolute atomic E-state index is 8.75. The van der Waals surface area contributed by atoms with Gasteiger partial charge in [0.05, 0.1) is 0 Å². The number of aliphatic hydroxyl groups excluding tert-OH is 1. The lowest BCUT2D eigenvalue weighted by molar-refractivity contribution is 0.427. The van der Waals surface area contributed by atoms with Crippen LogP contribution in [-0.4, -0.2) is 5.11 Å². The van der Waals surface area contributed by atoms with Crippen molar-refractivity contribution in [1.82, 2.24) is 0 Å². The predicted molar refractivity (Wildman–Crippen MR) is 29.1 cm³/mol. The van der Waals surface area contributed by atoms with Gasteiger partial charge in [0.25, 0.3) is 0 Å². The molecule has 0 atom stereocenters. The zero-order valence-electron chi connectivity index (χ0n) is 5.89. The highest BCUT2D eigenvalue weighted by Gasteiger charge is 1.88. The molecule has 0 saturated carbocycles. The minimum absolute atomic E-state index is 0.158. The van der Waals surface area contributed by atoms with Crippen molar-refractivity contribution in [3.8, 4) is 0 Å². The number of allylic oxidation sites excluding steroid dienone is 3. The quantitative estimate of drug-likeness (QED) is 0.489. The van der Waals surface area contributed by atoms with E-state index in [9.17, 15) is 0 Å². The van der Waals surface area contributed by atoms with Crippen LogP contribution in [0, 0.1) is 0 Å².